The molecule has 0 unspecified atom stereocenters. The highest BCUT2D eigenvalue weighted by Crippen LogP contribution is 2.31. The molecule has 0 radical (unpaired) electrons. The van der Waals surface area contributed by atoms with Gasteiger partial charge in [-0.25, -0.2) is 24.3 Å². The van der Waals surface area contributed by atoms with Crippen molar-refractivity contribution in [3.63, 3.8) is 0 Å². The fourth-order valence-corrected chi connectivity index (χ4v) is 4.28. The van der Waals surface area contributed by atoms with Crippen molar-refractivity contribution in [2.45, 2.75) is 52.2 Å². The standard InChI is InChI=1S/C28H37FN10O/c1-20(28(4,5)21-7-9-22(29)10-8-21)15-31-25(30-6)37-11-13-38(14-12-37)26-33-19-32-24(36-26)35-23-16-34-39(17-23)18-27(2,3)40/h7-10,15-17,19,40H,6,11-14,18H2,1-5H3,(H,32,33,35,36). The van der Waals surface area contributed by atoms with Gasteiger partial charge in [0, 0.05) is 44.0 Å². The van der Waals surface area contributed by atoms with E-state index in [1.54, 1.807) is 43.1 Å². The van der Waals surface area contributed by atoms with Gasteiger partial charge in [-0.05, 0) is 50.8 Å². The van der Waals surface area contributed by atoms with Crippen LogP contribution in [0.3, 0.4) is 0 Å². The van der Waals surface area contributed by atoms with Crippen molar-refractivity contribution < 1.29 is 9.50 Å². The Kier molecular flexibility index (Phi) is 8.58. The number of benzene rings is 1. The van der Waals surface area contributed by atoms with E-state index in [9.17, 15) is 9.50 Å². The van der Waals surface area contributed by atoms with E-state index in [0.29, 0.717) is 50.6 Å². The summed E-state index contributed by atoms with van der Waals surface area (Å²) >= 11 is 0. The smallest absolute Gasteiger partial charge is 0.232 e. The van der Waals surface area contributed by atoms with Crippen molar-refractivity contribution in [2.75, 3.05) is 36.4 Å². The molecule has 11 nitrogen and oxygen atoms in total. The van der Waals surface area contributed by atoms with Gasteiger partial charge in [0.05, 0.1) is 24.0 Å². The average Bonchev–Trinajstić information content (AvgIpc) is 3.34. The summed E-state index contributed by atoms with van der Waals surface area (Å²) < 4.78 is 15.0. The lowest BCUT2D eigenvalue weighted by atomic mass is 9.79. The van der Waals surface area contributed by atoms with Crippen molar-refractivity contribution in [1.29, 1.82) is 0 Å². The molecule has 1 fully saturated rings. The number of anilines is 3. The van der Waals surface area contributed by atoms with Crippen molar-refractivity contribution in [3.05, 3.63) is 66.1 Å². The molecule has 2 aromatic heterocycles. The third-order valence-electron chi connectivity index (χ3n) is 6.91. The van der Waals surface area contributed by atoms with Crippen molar-refractivity contribution in [2.24, 2.45) is 9.98 Å². The molecule has 1 aliphatic heterocycles. The number of hydrogen-bond donors (Lipinski definition) is 2. The zero-order valence-corrected chi connectivity index (χ0v) is 23.7. The number of hydrogen-bond acceptors (Lipinski definition) is 8. The van der Waals surface area contributed by atoms with Crippen molar-refractivity contribution in [1.82, 2.24) is 29.6 Å². The number of rotatable bonds is 8. The molecular formula is C28H37FN10O. The minimum atomic E-state index is -0.868. The third kappa shape index (κ3) is 7.26. The quantitative estimate of drug-likeness (QED) is 0.322. The Morgan fingerprint density at radius 2 is 1.82 bits per heavy atom. The minimum absolute atomic E-state index is 0.253. The summed E-state index contributed by atoms with van der Waals surface area (Å²) in [5, 5.41) is 17.4. The number of allylic oxidation sites excluding steroid dienone is 1. The number of aromatic nitrogens is 5. The first-order valence-corrected chi connectivity index (χ1v) is 13.1. The predicted octanol–water partition coefficient (Wildman–Crippen LogP) is 3.78. The van der Waals surface area contributed by atoms with Crippen LogP contribution in [0.1, 0.15) is 40.2 Å². The van der Waals surface area contributed by atoms with Crippen molar-refractivity contribution >= 4 is 30.3 Å². The number of aliphatic imine (C=N–C) groups is 2. The van der Waals surface area contributed by atoms with E-state index in [4.69, 9.17) is 0 Å². The monoisotopic (exact) mass is 548 g/mol. The first-order chi connectivity index (χ1) is 18.9. The number of aliphatic hydroxyl groups is 1. The molecule has 1 aliphatic rings. The molecule has 212 valence electrons. The van der Waals surface area contributed by atoms with Crippen LogP contribution in [-0.2, 0) is 12.0 Å². The van der Waals surface area contributed by atoms with Crippen LogP contribution in [0.25, 0.3) is 0 Å². The van der Waals surface area contributed by atoms with E-state index >= 15 is 0 Å². The van der Waals surface area contributed by atoms with Gasteiger partial charge in [0.15, 0.2) is 0 Å². The van der Waals surface area contributed by atoms with Gasteiger partial charge < -0.3 is 20.2 Å². The number of nitrogens with zero attached hydrogens (tertiary/aromatic N) is 9. The number of nitrogens with one attached hydrogen (secondary N) is 1. The van der Waals surface area contributed by atoms with Crippen LogP contribution in [0.15, 0.2) is 64.7 Å². The zero-order valence-electron chi connectivity index (χ0n) is 23.7. The Morgan fingerprint density at radius 3 is 2.48 bits per heavy atom. The molecule has 2 N–H and O–H groups in total. The predicted molar refractivity (Wildman–Crippen MR) is 156 cm³/mol. The zero-order chi connectivity index (χ0) is 28.9. The van der Waals surface area contributed by atoms with Gasteiger partial charge in [-0.2, -0.15) is 10.1 Å². The summed E-state index contributed by atoms with van der Waals surface area (Å²) in [7, 11) is 0. The molecular weight excluding hydrogens is 511 g/mol. The molecule has 3 aromatic rings. The molecule has 0 spiro atoms. The summed E-state index contributed by atoms with van der Waals surface area (Å²) in [6, 6.07) is 6.55. The van der Waals surface area contributed by atoms with Crippen molar-refractivity contribution in [3.8, 4) is 0 Å². The normalized spacial score (nSPS) is 15.4. The topological polar surface area (TPSA) is 120 Å². The molecule has 1 saturated heterocycles. The second-order valence-corrected chi connectivity index (χ2v) is 11.0. The Hall–Kier alpha value is -4.19. The summed E-state index contributed by atoms with van der Waals surface area (Å²) in [6.07, 6.45) is 6.74. The maximum Gasteiger partial charge on any atom is 0.232 e. The van der Waals surface area contributed by atoms with Crippen LogP contribution in [0, 0.1) is 5.82 Å². The fourth-order valence-electron chi connectivity index (χ4n) is 4.28. The molecule has 3 heterocycles. The van der Waals surface area contributed by atoms with Crippen LogP contribution in [0.2, 0.25) is 0 Å². The van der Waals surface area contributed by atoms with Gasteiger partial charge >= 0.3 is 0 Å². The van der Waals surface area contributed by atoms with Gasteiger partial charge in [-0.15, -0.1) is 0 Å². The Balaban J connectivity index is 1.38. The molecule has 0 aliphatic carbocycles. The second kappa shape index (κ2) is 11.9. The average molecular weight is 549 g/mol. The van der Waals surface area contributed by atoms with E-state index in [1.807, 2.05) is 13.1 Å². The molecule has 40 heavy (non-hydrogen) atoms. The highest BCUT2D eigenvalue weighted by molar-refractivity contribution is 5.85. The minimum Gasteiger partial charge on any atom is -0.389 e. The Morgan fingerprint density at radius 1 is 1.12 bits per heavy atom. The summed E-state index contributed by atoms with van der Waals surface area (Å²) in [5.41, 5.74) is 1.56. The largest absolute Gasteiger partial charge is 0.389 e. The summed E-state index contributed by atoms with van der Waals surface area (Å²) in [5.74, 6) is 1.28. The van der Waals surface area contributed by atoms with Crippen LogP contribution >= 0.6 is 0 Å². The Labute approximate surface area is 234 Å². The molecule has 12 heteroatoms. The number of piperazine rings is 1. The molecule has 0 amide bonds. The van der Waals surface area contributed by atoms with Gasteiger partial charge in [0.1, 0.15) is 12.1 Å². The molecule has 1 aromatic carbocycles. The molecule has 0 bridgehead atoms. The van der Waals surface area contributed by atoms with E-state index in [2.05, 4.69) is 65.7 Å². The maximum absolute atomic E-state index is 13.4. The maximum atomic E-state index is 13.4. The van der Waals surface area contributed by atoms with Crippen LogP contribution in [0.4, 0.5) is 22.0 Å². The fraction of sp³-hybridized carbons (Fsp3) is 0.429. The van der Waals surface area contributed by atoms with E-state index in [0.717, 1.165) is 16.8 Å². The number of halogens is 1. The summed E-state index contributed by atoms with van der Waals surface area (Å²) in [6.45, 7) is 16.4. The summed E-state index contributed by atoms with van der Waals surface area (Å²) in [4.78, 5) is 26.1. The van der Waals surface area contributed by atoms with Crippen LogP contribution < -0.4 is 10.2 Å². The molecule has 0 saturated carbocycles. The highest BCUT2D eigenvalue weighted by Gasteiger charge is 2.24. The van der Waals surface area contributed by atoms with Gasteiger partial charge in [-0.1, -0.05) is 26.0 Å². The lowest BCUT2D eigenvalue weighted by Gasteiger charge is -2.35. The van der Waals surface area contributed by atoms with Gasteiger partial charge in [0.2, 0.25) is 17.9 Å². The lowest BCUT2D eigenvalue weighted by molar-refractivity contribution is 0.0578. The first kappa shape index (κ1) is 28.8. The first-order valence-electron chi connectivity index (χ1n) is 13.1. The molecule has 0 atom stereocenters. The SMILES string of the molecule is C=NC(=NC=C(C)C(C)(C)c1ccc(F)cc1)N1CCN(c2ncnc(Nc3cnn(CC(C)(C)O)c3)n2)CC1. The second-order valence-electron chi connectivity index (χ2n) is 11.0. The van der Waals surface area contributed by atoms with Crippen LogP contribution in [-0.4, -0.2) is 79.2 Å². The third-order valence-corrected chi connectivity index (χ3v) is 6.91. The van der Waals surface area contributed by atoms with E-state index < -0.39 is 5.60 Å². The Bertz CT molecular complexity index is 1370. The van der Waals surface area contributed by atoms with E-state index in [1.165, 1.54) is 18.5 Å². The van der Waals surface area contributed by atoms with E-state index in [-0.39, 0.29) is 11.2 Å². The number of guanidine groups is 1. The highest BCUT2D eigenvalue weighted by atomic mass is 19.1. The molecule has 4 rings (SSSR count). The van der Waals surface area contributed by atoms with Crippen LogP contribution in [0.5, 0.6) is 0 Å². The lowest BCUT2D eigenvalue weighted by Crippen LogP contribution is -2.48. The van der Waals surface area contributed by atoms with Gasteiger partial charge in [0.25, 0.3) is 0 Å². The van der Waals surface area contributed by atoms with Gasteiger partial charge in [-0.3, -0.25) is 4.68 Å².